The Morgan fingerprint density at radius 3 is 2.52 bits per heavy atom. The Bertz CT molecular complexity index is 858. The normalized spacial score (nSPS) is 21.9. The number of anilines is 4. The Kier molecular flexibility index (Phi) is 4.66. The Labute approximate surface area is 159 Å². The fourth-order valence-corrected chi connectivity index (χ4v) is 3.78. The van der Waals surface area contributed by atoms with Crippen LogP contribution >= 0.6 is 0 Å². The molecule has 0 bridgehead atoms. The monoisotopic (exact) mass is 367 g/mol. The predicted octanol–water partition coefficient (Wildman–Crippen LogP) is 3.68. The van der Waals surface area contributed by atoms with Crippen molar-refractivity contribution in [2.75, 3.05) is 35.2 Å². The first-order valence-corrected chi connectivity index (χ1v) is 9.33. The third-order valence-corrected chi connectivity index (χ3v) is 4.86. The molecular formula is C21H25N3O3. The topological polar surface area (TPSA) is 62.8 Å². The second kappa shape index (κ2) is 7.12. The molecule has 6 heteroatoms. The van der Waals surface area contributed by atoms with Crippen molar-refractivity contribution in [3.63, 3.8) is 0 Å². The van der Waals surface area contributed by atoms with Crippen LogP contribution in [-0.2, 0) is 9.53 Å². The second-order valence-electron chi connectivity index (χ2n) is 7.34. The van der Waals surface area contributed by atoms with Gasteiger partial charge >= 0.3 is 0 Å². The first kappa shape index (κ1) is 17.7. The van der Waals surface area contributed by atoms with E-state index in [2.05, 4.69) is 54.5 Å². The summed E-state index contributed by atoms with van der Waals surface area (Å²) in [6, 6.07) is 12.1. The van der Waals surface area contributed by atoms with Gasteiger partial charge in [-0.2, -0.15) is 0 Å². The smallest absolute Gasteiger partial charge is 0.262 e. The Morgan fingerprint density at radius 1 is 1.07 bits per heavy atom. The van der Waals surface area contributed by atoms with Gasteiger partial charge in [0.1, 0.15) is 5.75 Å². The minimum Gasteiger partial charge on any atom is -0.482 e. The molecule has 1 fully saturated rings. The van der Waals surface area contributed by atoms with Gasteiger partial charge < -0.3 is 25.0 Å². The van der Waals surface area contributed by atoms with Crippen LogP contribution < -0.4 is 20.3 Å². The van der Waals surface area contributed by atoms with Crippen LogP contribution in [-0.4, -0.2) is 37.8 Å². The molecule has 0 aromatic heterocycles. The molecule has 2 aromatic carbocycles. The maximum Gasteiger partial charge on any atom is 0.262 e. The number of ether oxygens (including phenoxy) is 2. The quantitative estimate of drug-likeness (QED) is 0.866. The molecule has 0 aliphatic carbocycles. The van der Waals surface area contributed by atoms with Crippen molar-refractivity contribution in [2.45, 2.75) is 33.0 Å². The minimum absolute atomic E-state index is 0.0562. The summed E-state index contributed by atoms with van der Waals surface area (Å²) in [4.78, 5) is 13.8. The third kappa shape index (κ3) is 3.85. The lowest BCUT2D eigenvalue weighted by Gasteiger charge is -2.37. The van der Waals surface area contributed by atoms with Crippen LogP contribution in [0.3, 0.4) is 0 Å². The average molecular weight is 367 g/mol. The van der Waals surface area contributed by atoms with Crippen LogP contribution in [0.1, 0.15) is 19.4 Å². The van der Waals surface area contributed by atoms with E-state index in [0.717, 1.165) is 24.5 Å². The predicted molar refractivity (Wildman–Crippen MR) is 107 cm³/mol. The summed E-state index contributed by atoms with van der Waals surface area (Å²) in [6.45, 7) is 8.25. The van der Waals surface area contributed by atoms with Crippen molar-refractivity contribution >= 4 is 28.7 Å². The Hall–Kier alpha value is -2.73. The van der Waals surface area contributed by atoms with Gasteiger partial charge in [-0.1, -0.05) is 0 Å². The number of hydrogen-bond acceptors (Lipinski definition) is 5. The summed E-state index contributed by atoms with van der Waals surface area (Å²) in [5.74, 6) is 0.561. The molecule has 2 heterocycles. The molecule has 2 N–H and O–H groups in total. The fraction of sp³-hybridized carbons (Fsp3) is 0.381. The molecule has 0 radical (unpaired) electrons. The molecule has 142 valence electrons. The number of fused-ring (bicyclic) bond motifs is 1. The molecule has 0 spiro atoms. The highest BCUT2D eigenvalue weighted by Crippen LogP contribution is 2.33. The van der Waals surface area contributed by atoms with E-state index in [1.54, 1.807) is 0 Å². The SMILES string of the molecule is Cc1cc(Nc2ccc3c(c2)OCC(=O)N3)ccc1N1CC(C)OC(C)C1. The zero-order valence-electron chi connectivity index (χ0n) is 15.9. The Morgan fingerprint density at radius 2 is 1.78 bits per heavy atom. The van der Waals surface area contributed by atoms with Gasteiger partial charge in [0, 0.05) is 36.2 Å². The fourth-order valence-electron chi connectivity index (χ4n) is 3.78. The van der Waals surface area contributed by atoms with Gasteiger partial charge in [-0.15, -0.1) is 0 Å². The molecular weight excluding hydrogens is 342 g/mol. The number of carbonyl (C=O) groups is 1. The summed E-state index contributed by atoms with van der Waals surface area (Å²) < 4.78 is 11.3. The van der Waals surface area contributed by atoms with Crippen molar-refractivity contribution in [1.29, 1.82) is 0 Å². The number of carbonyl (C=O) groups excluding carboxylic acids is 1. The maximum atomic E-state index is 11.4. The summed E-state index contributed by atoms with van der Waals surface area (Å²) in [7, 11) is 0. The van der Waals surface area contributed by atoms with E-state index < -0.39 is 0 Å². The van der Waals surface area contributed by atoms with Gasteiger partial charge in [-0.3, -0.25) is 4.79 Å². The number of benzene rings is 2. The number of amides is 1. The lowest BCUT2D eigenvalue weighted by Crippen LogP contribution is -2.45. The molecule has 2 atom stereocenters. The van der Waals surface area contributed by atoms with E-state index in [9.17, 15) is 4.79 Å². The van der Waals surface area contributed by atoms with E-state index in [1.807, 2.05) is 18.2 Å². The molecule has 6 nitrogen and oxygen atoms in total. The molecule has 2 unspecified atom stereocenters. The zero-order chi connectivity index (χ0) is 19.0. The van der Waals surface area contributed by atoms with Crippen LogP contribution in [0.5, 0.6) is 5.75 Å². The number of morpholine rings is 1. The van der Waals surface area contributed by atoms with Crippen molar-refractivity contribution in [3.8, 4) is 5.75 Å². The number of hydrogen-bond donors (Lipinski definition) is 2. The average Bonchev–Trinajstić information content (AvgIpc) is 2.61. The highest BCUT2D eigenvalue weighted by molar-refractivity contribution is 5.95. The number of aryl methyl sites for hydroxylation is 1. The minimum atomic E-state index is -0.124. The number of rotatable bonds is 3. The zero-order valence-corrected chi connectivity index (χ0v) is 15.9. The second-order valence-corrected chi connectivity index (χ2v) is 7.34. The van der Waals surface area contributed by atoms with Gasteiger partial charge in [-0.25, -0.2) is 0 Å². The maximum absolute atomic E-state index is 11.4. The molecule has 1 saturated heterocycles. The van der Waals surface area contributed by atoms with E-state index in [1.165, 1.54) is 11.3 Å². The van der Waals surface area contributed by atoms with Crippen molar-refractivity contribution in [1.82, 2.24) is 0 Å². The summed E-state index contributed by atoms with van der Waals surface area (Å²) in [6.07, 6.45) is 0.476. The van der Waals surface area contributed by atoms with Crippen molar-refractivity contribution in [3.05, 3.63) is 42.0 Å². The Balaban J connectivity index is 1.51. The van der Waals surface area contributed by atoms with Crippen LogP contribution in [0.25, 0.3) is 0 Å². The van der Waals surface area contributed by atoms with Crippen LogP contribution in [0, 0.1) is 6.92 Å². The van der Waals surface area contributed by atoms with Crippen molar-refractivity contribution in [2.24, 2.45) is 0 Å². The largest absolute Gasteiger partial charge is 0.482 e. The van der Waals surface area contributed by atoms with Crippen molar-refractivity contribution < 1.29 is 14.3 Å². The first-order valence-electron chi connectivity index (χ1n) is 9.33. The van der Waals surface area contributed by atoms with E-state index in [-0.39, 0.29) is 24.7 Å². The van der Waals surface area contributed by atoms with Crippen LogP contribution in [0.2, 0.25) is 0 Å². The van der Waals surface area contributed by atoms with E-state index in [0.29, 0.717) is 11.4 Å². The lowest BCUT2D eigenvalue weighted by atomic mass is 10.1. The standard InChI is InChI=1S/C21H25N3O3/c1-13-8-16(5-7-19(13)24-10-14(2)27-15(3)11-24)22-17-4-6-18-20(9-17)26-12-21(25)23-18/h4-9,14-15,22H,10-12H2,1-3H3,(H,23,25). The molecule has 0 saturated carbocycles. The van der Waals surface area contributed by atoms with Gasteiger partial charge in [-0.05, 0) is 56.7 Å². The van der Waals surface area contributed by atoms with Gasteiger partial charge in [0.25, 0.3) is 5.91 Å². The molecule has 2 aliphatic rings. The lowest BCUT2D eigenvalue weighted by molar-refractivity contribution is -0.118. The number of nitrogens with one attached hydrogen (secondary N) is 2. The third-order valence-electron chi connectivity index (χ3n) is 4.86. The highest BCUT2D eigenvalue weighted by atomic mass is 16.5. The molecule has 4 rings (SSSR count). The molecule has 27 heavy (non-hydrogen) atoms. The van der Waals surface area contributed by atoms with E-state index in [4.69, 9.17) is 9.47 Å². The summed E-state index contributed by atoms with van der Waals surface area (Å²) in [5, 5.41) is 6.22. The summed E-state index contributed by atoms with van der Waals surface area (Å²) in [5.41, 5.74) is 5.12. The highest BCUT2D eigenvalue weighted by Gasteiger charge is 2.23. The molecule has 2 aliphatic heterocycles. The van der Waals surface area contributed by atoms with Crippen LogP contribution in [0.4, 0.5) is 22.7 Å². The molecule has 2 aromatic rings. The number of nitrogens with zero attached hydrogens (tertiary/aromatic N) is 1. The van der Waals surface area contributed by atoms with Gasteiger partial charge in [0.2, 0.25) is 0 Å². The summed E-state index contributed by atoms with van der Waals surface area (Å²) >= 11 is 0. The first-order chi connectivity index (χ1) is 13.0. The van der Waals surface area contributed by atoms with Gasteiger partial charge in [0.15, 0.2) is 6.61 Å². The van der Waals surface area contributed by atoms with Gasteiger partial charge in [0.05, 0.1) is 17.9 Å². The van der Waals surface area contributed by atoms with Crippen LogP contribution in [0.15, 0.2) is 36.4 Å². The van der Waals surface area contributed by atoms with E-state index >= 15 is 0 Å². The molecule has 1 amide bonds.